The van der Waals surface area contributed by atoms with Crippen LogP contribution in [-0.4, -0.2) is 22.3 Å². The molecule has 3 nitrogen and oxygen atoms in total. The molecule has 0 atom stereocenters. The molecular formula is C19H24O3S. The second-order valence-corrected chi connectivity index (χ2v) is 7.59. The number of Topliss-reactive ketones (excluding diaryl/α,β-unsaturated/α-hetero) is 2. The lowest BCUT2D eigenvalue weighted by Gasteiger charge is -2.23. The third-order valence-electron chi connectivity index (χ3n) is 4.39. The molecule has 0 radical (unpaired) electrons. The number of carbonyl (C=O) groups is 2. The molecule has 0 spiro atoms. The van der Waals surface area contributed by atoms with E-state index < -0.39 is 5.60 Å². The van der Waals surface area contributed by atoms with Gasteiger partial charge in [0, 0.05) is 22.3 Å². The van der Waals surface area contributed by atoms with Crippen LogP contribution < -0.4 is 0 Å². The van der Waals surface area contributed by atoms with Crippen molar-refractivity contribution < 1.29 is 14.7 Å². The summed E-state index contributed by atoms with van der Waals surface area (Å²) in [6, 6.07) is 2.05. The highest BCUT2D eigenvalue weighted by molar-refractivity contribution is 7.07. The fourth-order valence-electron chi connectivity index (χ4n) is 2.73. The highest BCUT2D eigenvalue weighted by Gasteiger charge is 2.30. The smallest absolute Gasteiger partial charge is 0.185 e. The van der Waals surface area contributed by atoms with Crippen LogP contribution in [0, 0.1) is 0 Å². The van der Waals surface area contributed by atoms with Gasteiger partial charge in [-0.3, -0.25) is 9.59 Å². The number of allylic oxidation sites excluding steroid dienone is 4. The van der Waals surface area contributed by atoms with Gasteiger partial charge in [0.15, 0.2) is 11.6 Å². The van der Waals surface area contributed by atoms with Gasteiger partial charge in [0.25, 0.3) is 0 Å². The normalized spacial score (nSPS) is 16.6. The lowest BCUT2D eigenvalue weighted by atomic mass is 9.80. The average molecular weight is 332 g/mol. The van der Waals surface area contributed by atoms with E-state index in [4.69, 9.17) is 0 Å². The van der Waals surface area contributed by atoms with E-state index in [9.17, 15) is 14.7 Å². The van der Waals surface area contributed by atoms with Crippen molar-refractivity contribution in [3.05, 3.63) is 44.7 Å². The highest BCUT2D eigenvalue weighted by atomic mass is 32.1. The third kappa shape index (κ3) is 4.27. The van der Waals surface area contributed by atoms with Gasteiger partial charge in [-0.05, 0) is 75.8 Å². The van der Waals surface area contributed by atoms with Crippen LogP contribution in [0.1, 0.15) is 52.5 Å². The first-order chi connectivity index (χ1) is 10.7. The topological polar surface area (TPSA) is 54.4 Å². The number of ketones is 2. The molecule has 0 unspecified atom stereocenters. The molecular weight excluding hydrogens is 308 g/mol. The largest absolute Gasteiger partial charge is 0.390 e. The van der Waals surface area contributed by atoms with Crippen LogP contribution in [0.4, 0.5) is 0 Å². The van der Waals surface area contributed by atoms with E-state index in [2.05, 4.69) is 5.38 Å². The minimum Gasteiger partial charge on any atom is -0.390 e. The van der Waals surface area contributed by atoms with Crippen LogP contribution in [0.25, 0.3) is 0 Å². The van der Waals surface area contributed by atoms with Crippen LogP contribution in [0.3, 0.4) is 0 Å². The number of hydrogen-bond acceptors (Lipinski definition) is 4. The molecule has 23 heavy (non-hydrogen) atoms. The first-order valence-electron chi connectivity index (χ1n) is 7.93. The molecule has 0 aliphatic heterocycles. The van der Waals surface area contributed by atoms with Gasteiger partial charge in [-0.1, -0.05) is 0 Å². The molecule has 2 rings (SSSR count). The van der Waals surface area contributed by atoms with Crippen molar-refractivity contribution in [1.29, 1.82) is 0 Å². The number of rotatable bonds is 6. The lowest BCUT2D eigenvalue weighted by Crippen LogP contribution is -2.25. The van der Waals surface area contributed by atoms with E-state index in [-0.39, 0.29) is 11.6 Å². The van der Waals surface area contributed by atoms with Crippen molar-refractivity contribution in [1.82, 2.24) is 0 Å². The van der Waals surface area contributed by atoms with Gasteiger partial charge >= 0.3 is 0 Å². The predicted octanol–water partition coefficient (Wildman–Crippen LogP) is 4.02. The summed E-state index contributed by atoms with van der Waals surface area (Å²) in [5, 5.41) is 14.0. The maximum atomic E-state index is 12.6. The van der Waals surface area contributed by atoms with Crippen molar-refractivity contribution in [2.24, 2.45) is 0 Å². The van der Waals surface area contributed by atoms with Gasteiger partial charge in [0.2, 0.25) is 0 Å². The quantitative estimate of drug-likeness (QED) is 0.801. The number of hydrogen-bond donors (Lipinski definition) is 1. The Kier molecular flexibility index (Phi) is 5.37. The second kappa shape index (κ2) is 6.93. The fourth-order valence-corrected chi connectivity index (χ4v) is 3.43. The van der Waals surface area contributed by atoms with Crippen molar-refractivity contribution in [3.8, 4) is 0 Å². The van der Waals surface area contributed by atoms with E-state index in [1.165, 1.54) is 5.56 Å². The number of aliphatic hydroxyl groups is 1. The molecule has 0 bridgehead atoms. The first-order valence-corrected chi connectivity index (χ1v) is 8.87. The van der Waals surface area contributed by atoms with Gasteiger partial charge in [-0.25, -0.2) is 0 Å². The lowest BCUT2D eigenvalue weighted by molar-refractivity contribution is -0.116. The summed E-state index contributed by atoms with van der Waals surface area (Å²) in [6.45, 7) is 6.89. The molecule has 0 saturated heterocycles. The Morgan fingerprint density at radius 1 is 1.00 bits per heavy atom. The fraction of sp³-hybridized carbons (Fsp3) is 0.474. The molecule has 1 aromatic heterocycles. The molecule has 1 aromatic rings. The van der Waals surface area contributed by atoms with E-state index >= 15 is 0 Å². The Balaban J connectivity index is 2.28. The number of thiophene rings is 1. The molecule has 4 heteroatoms. The Morgan fingerprint density at radius 2 is 1.57 bits per heavy atom. The summed E-state index contributed by atoms with van der Waals surface area (Å²) < 4.78 is 0. The summed E-state index contributed by atoms with van der Waals surface area (Å²) in [5.41, 5.74) is 2.67. The molecule has 0 fully saturated rings. The number of carbonyl (C=O) groups excluding carboxylic acids is 2. The molecule has 0 amide bonds. The summed E-state index contributed by atoms with van der Waals surface area (Å²) in [5.74, 6) is -0.0465. The summed E-state index contributed by atoms with van der Waals surface area (Å²) >= 11 is 1.63. The van der Waals surface area contributed by atoms with Gasteiger partial charge < -0.3 is 5.11 Å². The third-order valence-corrected chi connectivity index (χ3v) is 5.12. The number of aryl methyl sites for hydroxylation is 1. The Bertz CT molecular complexity index is 670. The van der Waals surface area contributed by atoms with Crippen LogP contribution >= 0.6 is 11.3 Å². The maximum Gasteiger partial charge on any atom is 0.185 e. The van der Waals surface area contributed by atoms with Gasteiger partial charge in [0.1, 0.15) is 0 Å². The minimum atomic E-state index is -0.848. The zero-order valence-corrected chi connectivity index (χ0v) is 15.0. The summed E-state index contributed by atoms with van der Waals surface area (Å²) in [6.07, 6.45) is 2.25. The van der Waals surface area contributed by atoms with E-state index in [0.29, 0.717) is 41.6 Å². The van der Waals surface area contributed by atoms with Gasteiger partial charge in [0.05, 0.1) is 5.60 Å². The van der Waals surface area contributed by atoms with E-state index in [1.807, 2.05) is 11.4 Å². The zero-order chi connectivity index (χ0) is 17.2. The van der Waals surface area contributed by atoms with Crippen LogP contribution in [-0.2, 0) is 16.0 Å². The zero-order valence-electron chi connectivity index (χ0n) is 14.2. The Labute approximate surface area is 141 Å². The molecule has 1 aliphatic rings. The van der Waals surface area contributed by atoms with Gasteiger partial charge in [-0.2, -0.15) is 11.3 Å². The van der Waals surface area contributed by atoms with E-state index in [1.54, 1.807) is 39.0 Å². The van der Waals surface area contributed by atoms with Crippen LogP contribution in [0.15, 0.2) is 39.1 Å². The van der Waals surface area contributed by atoms with Crippen LogP contribution in [0.5, 0.6) is 0 Å². The monoisotopic (exact) mass is 332 g/mol. The second-order valence-electron chi connectivity index (χ2n) is 6.81. The Hall–Kier alpha value is -1.52. The first kappa shape index (κ1) is 17.8. The SMILES string of the molecule is CC1=C(C)C(=O)C(CCC(C)(C)O)=C(CCc2ccsc2)C1=O. The Morgan fingerprint density at radius 3 is 2.04 bits per heavy atom. The predicted molar refractivity (Wildman–Crippen MR) is 93.6 cm³/mol. The molecule has 1 N–H and O–H groups in total. The van der Waals surface area contributed by atoms with Crippen molar-refractivity contribution in [2.75, 3.05) is 0 Å². The highest BCUT2D eigenvalue weighted by Crippen LogP contribution is 2.31. The minimum absolute atomic E-state index is 0.0110. The molecule has 124 valence electrons. The molecule has 1 aliphatic carbocycles. The summed E-state index contributed by atoms with van der Waals surface area (Å²) in [4.78, 5) is 25.3. The molecule has 0 saturated carbocycles. The molecule has 1 heterocycles. The average Bonchev–Trinajstić information content (AvgIpc) is 2.98. The van der Waals surface area contributed by atoms with Crippen LogP contribution in [0.2, 0.25) is 0 Å². The van der Waals surface area contributed by atoms with E-state index in [0.717, 1.165) is 6.42 Å². The van der Waals surface area contributed by atoms with Crippen molar-refractivity contribution in [3.63, 3.8) is 0 Å². The standard InChI is InChI=1S/C19H24O3S/c1-12-13(2)18(21)16(7-9-19(3,4)22)15(17(12)20)6-5-14-8-10-23-11-14/h8,10-11,22H,5-7,9H2,1-4H3. The summed E-state index contributed by atoms with van der Waals surface area (Å²) in [7, 11) is 0. The molecule has 0 aromatic carbocycles. The van der Waals surface area contributed by atoms with Crippen molar-refractivity contribution in [2.45, 2.75) is 59.0 Å². The van der Waals surface area contributed by atoms with Crippen molar-refractivity contribution >= 4 is 22.9 Å². The maximum absolute atomic E-state index is 12.6. The van der Waals surface area contributed by atoms with Gasteiger partial charge in [-0.15, -0.1) is 0 Å².